The molecule has 0 bridgehead atoms. The molecule has 0 aromatic rings. The summed E-state index contributed by atoms with van der Waals surface area (Å²) >= 11 is 0. The number of fused-ring (bicyclic) bond motifs is 5. The third kappa shape index (κ3) is 2.53. The molecule has 4 rings (SSSR count). The van der Waals surface area contributed by atoms with Crippen LogP contribution in [-0.4, -0.2) is 36.5 Å². The van der Waals surface area contributed by atoms with E-state index in [1.54, 1.807) is 0 Å². The Hall–Kier alpha value is -1.09. The van der Waals surface area contributed by atoms with Gasteiger partial charge in [0.2, 0.25) is 0 Å². The SMILES string of the molecule is C=CCOC1C[C@H]2[C@@H]3C(C)N(C)C4=CC(=O)CC[C@]4(C)[C@@H]3CC[C@]2(C)C1. The number of likely N-dealkylation sites (tertiary alicyclic amines) is 1. The van der Waals surface area contributed by atoms with Crippen LogP contribution in [0.3, 0.4) is 0 Å². The fraction of sp³-hybridized carbons (Fsp3) is 0.783. The topological polar surface area (TPSA) is 29.5 Å². The number of allylic oxidation sites excluding steroid dienone is 2. The van der Waals surface area contributed by atoms with E-state index in [1.165, 1.54) is 31.4 Å². The molecule has 4 aliphatic rings. The zero-order valence-corrected chi connectivity index (χ0v) is 17.0. The summed E-state index contributed by atoms with van der Waals surface area (Å²) in [4.78, 5) is 14.6. The maximum Gasteiger partial charge on any atom is 0.157 e. The molecule has 0 aromatic carbocycles. The van der Waals surface area contributed by atoms with Crippen LogP contribution in [0.4, 0.5) is 0 Å². The monoisotopic (exact) mass is 357 g/mol. The molecule has 0 amide bonds. The van der Waals surface area contributed by atoms with Gasteiger partial charge in [-0.3, -0.25) is 4.79 Å². The predicted octanol–water partition coefficient (Wildman–Crippen LogP) is 4.59. The van der Waals surface area contributed by atoms with Gasteiger partial charge in [0.05, 0.1) is 12.7 Å². The van der Waals surface area contributed by atoms with Crippen molar-refractivity contribution in [2.45, 2.75) is 71.4 Å². The van der Waals surface area contributed by atoms with E-state index in [4.69, 9.17) is 4.74 Å². The molecule has 0 radical (unpaired) electrons. The summed E-state index contributed by atoms with van der Waals surface area (Å²) in [5.74, 6) is 2.44. The molecule has 2 saturated carbocycles. The molecule has 7 atom stereocenters. The third-order valence-corrected chi connectivity index (χ3v) is 8.65. The summed E-state index contributed by atoms with van der Waals surface area (Å²) in [6, 6.07) is 0.494. The van der Waals surface area contributed by atoms with Crippen molar-refractivity contribution in [2.75, 3.05) is 13.7 Å². The van der Waals surface area contributed by atoms with Crippen LogP contribution in [0.1, 0.15) is 59.3 Å². The molecule has 1 heterocycles. The molecule has 3 nitrogen and oxygen atoms in total. The largest absolute Gasteiger partial charge is 0.374 e. The van der Waals surface area contributed by atoms with Gasteiger partial charge in [0.1, 0.15) is 0 Å². The van der Waals surface area contributed by atoms with Gasteiger partial charge in [0.25, 0.3) is 0 Å². The van der Waals surface area contributed by atoms with Gasteiger partial charge in [-0.05, 0) is 62.2 Å². The second-order valence-corrected chi connectivity index (χ2v) is 9.93. The van der Waals surface area contributed by atoms with E-state index in [-0.39, 0.29) is 5.41 Å². The Morgan fingerprint density at radius 2 is 2.12 bits per heavy atom. The summed E-state index contributed by atoms with van der Waals surface area (Å²) in [7, 11) is 2.22. The van der Waals surface area contributed by atoms with E-state index in [0.717, 1.165) is 18.8 Å². The standard InChI is InChI=1S/C23H35NO2/c1-6-11-26-17-13-19-21-15(2)24(5)20-12-16(25)7-10-23(20,4)18(21)8-9-22(19,3)14-17/h6,12,15,17-19,21H,1,7-11,13-14H2,2-5H3/t15?,17?,18-,19+,21-,22-,23-/m1/s1. The molecule has 1 aliphatic heterocycles. The van der Waals surface area contributed by atoms with Gasteiger partial charge in [-0.25, -0.2) is 0 Å². The first kappa shape index (κ1) is 18.3. The van der Waals surface area contributed by atoms with E-state index >= 15 is 0 Å². The van der Waals surface area contributed by atoms with Crippen molar-refractivity contribution in [3.8, 4) is 0 Å². The molecule has 26 heavy (non-hydrogen) atoms. The molecule has 1 saturated heterocycles. The molecule has 0 N–H and O–H groups in total. The lowest BCUT2D eigenvalue weighted by molar-refractivity contribution is -0.121. The molecule has 3 heteroatoms. The number of ketones is 1. The number of nitrogens with zero attached hydrogens (tertiary/aromatic N) is 1. The van der Waals surface area contributed by atoms with Crippen LogP contribution in [0, 0.1) is 28.6 Å². The van der Waals surface area contributed by atoms with Gasteiger partial charge in [-0.1, -0.05) is 19.9 Å². The Kier molecular flexibility index (Phi) is 4.38. The first-order valence-electron chi connectivity index (χ1n) is 10.5. The number of rotatable bonds is 3. The minimum atomic E-state index is 0.168. The van der Waals surface area contributed by atoms with E-state index in [0.29, 0.717) is 41.8 Å². The van der Waals surface area contributed by atoms with Crippen molar-refractivity contribution in [1.29, 1.82) is 0 Å². The van der Waals surface area contributed by atoms with Crippen molar-refractivity contribution in [3.05, 3.63) is 24.4 Å². The minimum absolute atomic E-state index is 0.168. The fourth-order valence-corrected chi connectivity index (χ4v) is 7.19. The van der Waals surface area contributed by atoms with Gasteiger partial charge < -0.3 is 9.64 Å². The Morgan fingerprint density at radius 1 is 1.35 bits per heavy atom. The van der Waals surface area contributed by atoms with Crippen LogP contribution in [0.15, 0.2) is 24.4 Å². The maximum absolute atomic E-state index is 12.1. The van der Waals surface area contributed by atoms with E-state index in [1.807, 2.05) is 12.2 Å². The molecule has 0 spiro atoms. The van der Waals surface area contributed by atoms with Crippen molar-refractivity contribution in [2.24, 2.45) is 28.6 Å². The van der Waals surface area contributed by atoms with E-state index in [9.17, 15) is 4.79 Å². The highest BCUT2D eigenvalue weighted by Crippen LogP contribution is 2.65. The Bertz CT molecular complexity index is 640. The summed E-state index contributed by atoms with van der Waals surface area (Å²) in [5, 5.41) is 0. The zero-order chi connectivity index (χ0) is 18.7. The van der Waals surface area contributed by atoms with Gasteiger partial charge in [0, 0.05) is 36.7 Å². The molecule has 3 fully saturated rings. The summed E-state index contributed by atoms with van der Waals surface area (Å²) < 4.78 is 6.11. The molecule has 3 aliphatic carbocycles. The molecule has 144 valence electrons. The minimum Gasteiger partial charge on any atom is -0.374 e. The molecular formula is C23H35NO2. The fourth-order valence-electron chi connectivity index (χ4n) is 7.19. The van der Waals surface area contributed by atoms with Crippen LogP contribution in [-0.2, 0) is 9.53 Å². The second kappa shape index (κ2) is 6.22. The number of carbonyl (C=O) groups excluding carboxylic acids is 1. The first-order valence-corrected chi connectivity index (χ1v) is 10.5. The van der Waals surface area contributed by atoms with Crippen molar-refractivity contribution < 1.29 is 9.53 Å². The van der Waals surface area contributed by atoms with Crippen molar-refractivity contribution >= 4 is 5.78 Å². The van der Waals surface area contributed by atoms with E-state index < -0.39 is 0 Å². The zero-order valence-electron chi connectivity index (χ0n) is 17.0. The lowest BCUT2D eigenvalue weighted by atomic mass is 9.49. The summed E-state index contributed by atoms with van der Waals surface area (Å²) in [6.07, 6.45) is 11.0. The number of hydrogen-bond donors (Lipinski definition) is 0. The van der Waals surface area contributed by atoms with Crippen LogP contribution >= 0.6 is 0 Å². The molecule has 0 aromatic heterocycles. The van der Waals surface area contributed by atoms with Crippen LogP contribution in [0.5, 0.6) is 0 Å². The lowest BCUT2D eigenvalue weighted by Crippen LogP contribution is -2.60. The average molecular weight is 358 g/mol. The molecule has 2 unspecified atom stereocenters. The number of carbonyl (C=O) groups is 1. The quantitative estimate of drug-likeness (QED) is 0.692. The Morgan fingerprint density at radius 3 is 2.85 bits per heavy atom. The van der Waals surface area contributed by atoms with Gasteiger partial charge in [-0.15, -0.1) is 6.58 Å². The van der Waals surface area contributed by atoms with Gasteiger partial charge in [-0.2, -0.15) is 0 Å². The normalized spacial score (nSPS) is 47.7. The number of hydrogen-bond acceptors (Lipinski definition) is 3. The maximum atomic E-state index is 12.1. The van der Waals surface area contributed by atoms with Crippen molar-refractivity contribution in [1.82, 2.24) is 4.90 Å². The Labute approximate surface area is 158 Å². The number of piperidine rings is 1. The third-order valence-electron chi connectivity index (χ3n) is 8.65. The molecular weight excluding hydrogens is 322 g/mol. The van der Waals surface area contributed by atoms with Crippen LogP contribution in [0.2, 0.25) is 0 Å². The number of ether oxygens (including phenoxy) is 1. The lowest BCUT2D eigenvalue weighted by Gasteiger charge is -2.62. The highest BCUT2D eigenvalue weighted by atomic mass is 16.5. The van der Waals surface area contributed by atoms with Gasteiger partial charge in [0.15, 0.2) is 5.78 Å². The smallest absolute Gasteiger partial charge is 0.157 e. The Balaban J connectivity index is 1.67. The van der Waals surface area contributed by atoms with Crippen molar-refractivity contribution in [3.63, 3.8) is 0 Å². The second-order valence-electron chi connectivity index (χ2n) is 9.93. The highest BCUT2D eigenvalue weighted by molar-refractivity contribution is 5.91. The van der Waals surface area contributed by atoms with Crippen LogP contribution < -0.4 is 0 Å². The summed E-state index contributed by atoms with van der Waals surface area (Å²) in [5.41, 5.74) is 1.88. The van der Waals surface area contributed by atoms with Gasteiger partial charge >= 0.3 is 0 Å². The average Bonchev–Trinajstić information content (AvgIpc) is 2.95. The van der Waals surface area contributed by atoms with Crippen LogP contribution in [0.25, 0.3) is 0 Å². The first-order chi connectivity index (χ1) is 12.3. The highest BCUT2D eigenvalue weighted by Gasteiger charge is 2.61. The predicted molar refractivity (Wildman–Crippen MR) is 105 cm³/mol. The van der Waals surface area contributed by atoms with E-state index in [2.05, 4.69) is 39.3 Å². The summed E-state index contributed by atoms with van der Waals surface area (Å²) in [6.45, 7) is 11.8.